The predicted octanol–water partition coefficient (Wildman–Crippen LogP) is 5.57. The first-order valence-corrected chi connectivity index (χ1v) is 14.9. The summed E-state index contributed by atoms with van der Waals surface area (Å²) in [5.74, 6) is -3.82. The molecule has 3 aromatic rings. The number of anilines is 1. The Morgan fingerprint density at radius 2 is 1.98 bits per heavy atom. The lowest BCUT2D eigenvalue weighted by Gasteiger charge is -2.43. The van der Waals surface area contributed by atoms with Crippen LogP contribution in [0.2, 0.25) is 6.32 Å². The summed E-state index contributed by atoms with van der Waals surface area (Å²) >= 11 is 0. The van der Waals surface area contributed by atoms with E-state index in [-0.39, 0.29) is 17.7 Å². The van der Waals surface area contributed by atoms with E-state index in [4.69, 9.17) is 4.65 Å². The Balaban J connectivity index is 1.31. The van der Waals surface area contributed by atoms with Crippen LogP contribution in [0.5, 0.6) is 5.75 Å². The van der Waals surface area contributed by atoms with Gasteiger partial charge in [-0.3, -0.25) is 24.7 Å². The number of aromatic hydroxyl groups is 1. The number of rotatable bonds is 8. The van der Waals surface area contributed by atoms with Crippen LogP contribution in [0, 0.1) is 33.7 Å². The average molecular weight is 611 g/mol. The molecule has 6 rings (SSSR count). The third-order valence-corrected chi connectivity index (χ3v) is 9.02. The number of hydrogen-bond donors (Lipinski definition) is 2. The molecule has 0 radical (unpaired) electrons. The van der Waals surface area contributed by atoms with Crippen LogP contribution < -0.4 is 4.90 Å². The number of fused-ring (bicyclic) bond motifs is 3. The number of hydrogen-bond acceptors (Lipinski definition) is 8. The number of phenols is 1. The molecule has 3 aliphatic rings. The summed E-state index contributed by atoms with van der Waals surface area (Å²) in [7, 11) is -1.16. The summed E-state index contributed by atoms with van der Waals surface area (Å²) in [6.07, 6.45) is 4.89. The molecule has 45 heavy (non-hydrogen) atoms. The van der Waals surface area contributed by atoms with E-state index in [1.807, 2.05) is 19.1 Å². The van der Waals surface area contributed by atoms with Gasteiger partial charge in [0, 0.05) is 18.3 Å². The highest BCUT2D eigenvalue weighted by Gasteiger charge is 2.57. The third kappa shape index (κ3) is 5.78. The number of nitro benzene ring substituents is 1. The van der Waals surface area contributed by atoms with Crippen LogP contribution in [-0.4, -0.2) is 45.1 Å². The van der Waals surface area contributed by atoms with E-state index >= 15 is 0 Å². The maximum atomic E-state index is 14.1. The van der Waals surface area contributed by atoms with Gasteiger partial charge in [-0.15, -0.1) is 0 Å². The van der Waals surface area contributed by atoms with Crippen molar-refractivity contribution in [3.8, 4) is 5.75 Å². The van der Waals surface area contributed by atoms with Crippen molar-refractivity contribution in [3.05, 3.63) is 105 Å². The number of imide groups is 1. The Morgan fingerprint density at radius 1 is 1.16 bits per heavy atom. The highest BCUT2D eigenvalue weighted by atomic mass is 19.1. The fourth-order valence-electron chi connectivity index (χ4n) is 7.03. The molecule has 0 saturated carbocycles. The zero-order valence-corrected chi connectivity index (χ0v) is 24.5. The molecule has 2 amide bonds. The highest BCUT2D eigenvalue weighted by molar-refractivity contribution is 6.43. The van der Waals surface area contributed by atoms with Crippen molar-refractivity contribution < 1.29 is 33.7 Å². The molecule has 4 atom stereocenters. The van der Waals surface area contributed by atoms with Crippen LogP contribution in [0.15, 0.2) is 78.0 Å². The Kier molecular flexibility index (Phi) is 8.35. The molecule has 2 aliphatic heterocycles. The Bertz CT molecular complexity index is 1730. The van der Waals surface area contributed by atoms with Gasteiger partial charge in [0.1, 0.15) is 0 Å². The number of amides is 2. The summed E-state index contributed by atoms with van der Waals surface area (Å²) < 4.78 is 20.2. The maximum absolute atomic E-state index is 14.1. The molecule has 0 spiro atoms. The molecular formula is C33H31BFN3O7. The van der Waals surface area contributed by atoms with Crippen LogP contribution in [-0.2, 0) is 14.2 Å². The first-order chi connectivity index (χ1) is 21.7. The van der Waals surface area contributed by atoms with E-state index in [0.717, 1.165) is 21.6 Å². The molecule has 3 heterocycles. The standard InChI is InChI=1S/C33H31BFN3O7/c1-2-20-16-24-31(33(41)37(32(24)40)22-6-5-7-23(17-22)38(43)44)25-18-34(42)45-29(30(20)25)12-10-21(27-8-3-4-13-36-27)14-19-9-11-28(39)26(35)15-19/h3-9,11,13-15,17,24-25,29,31,39,42H,2,10,12,16,18H2,1H3/b21-14-/t24-,25+,29-,31-/m1/s1. The Hall–Kier alpha value is -4.68. The van der Waals surface area contributed by atoms with E-state index in [1.54, 1.807) is 24.4 Å². The number of nitro groups is 1. The van der Waals surface area contributed by atoms with Crippen LogP contribution >= 0.6 is 0 Å². The van der Waals surface area contributed by atoms with Gasteiger partial charge < -0.3 is 14.8 Å². The lowest BCUT2D eigenvalue weighted by Crippen LogP contribution is -2.46. The second-order valence-corrected chi connectivity index (χ2v) is 11.6. The first-order valence-electron chi connectivity index (χ1n) is 14.9. The quantitative estimate of drug-likeness (QED) is 0.111. The van der Waals surface area contributed by atoms with E-state index in [1.165, 1.54) is 36.4 Å². The van der Waals surface area contributed by atoms with E-state index in [2.05, 4.69) is 4.98 Å². The minimum absolute atomic E-state index is 0.147. The summed E-state index contributed by atoms with van der Waals surface area (Å²) in [5, 5.41) is 31.9. The lowest BCUT2D eigenvalue weighted by molar-refractivity contribution is -0.384. The highest BCUT2D eigenvalue weighted by Crippen LogP contribution is 2.52. The molecule has 12 heteroatoms. The maximum Gasteiger partial charge on any atom is 0.455 e. The number of halogens is 1. The molecule has 1 aliphatic carbocycles. The van der Waals surface area contributed by atoms with Gasteiger partial charge in [-0.25, -0.2) is 9.29 Å². The zero-order chi connectivity index (χ0) is 31.8. The summed E-state index contributed by atoms with van der Waals surface area (Å²) in [6, 6.07) is 15.1. The Labute approximate surface area is 259 Å². The second kappa shape index (κ2) is 12.4. The van der Waals surface area contributed by atoms with Gasteiger partial charge in [0.2, 0.25) is 11.8 Å². The molecule has 2 N–H and O–H groups in total. The molecule has 230 valence electrons. The molecule has 1 aromatic heterocycles. The SMILES string of the molecule is CCC1=C2[C@@H](CC/C(=C/c3ccc(O)c(F)c3)c3ccccn3)OB(O)C[C@@H]2[C@@H]2C(=O)N(c3cccc([N+](=O)[O-])c3)C(=O)[C@@H]2C1. The number of allylic oxidation sites excluding steroid dienone is 2. The average Bonchev–Trinajstić information content (AvgIpc) is 3.29. The molecular weight excluding hydrogens is 580 g/mol. The van der Waals surface area contributed by atoms with Gasteiger partial charge >= 0.3 is 7.12 Å². The minimum atomic E-state index is -1.16. The van der Waals surface area contributed by atoms with Crippen molar-refractivity contribution in [2.24, 2.45) is 17.8 Å². The van der Waals surface area contributed by atoms with Gasteiger partial charge in [0.05, 0.1) is 34.2 Å². The van der Waals surface area contributed by atoms with E-state index in [9.17, 15) is 34.2 Å². The largest absolute Gasteiger partial charge is 0.505 e. The number of pyridine rings is 1. The molecule has 2 aromatic carbocycles. The third-order valence-electron chi connectivity index (χ3n) is 9.02. The molecule has 2 fully saturated rings. The first kappa shape index (κ1) is 30.4. The van der Waals surface area contributed by atoms with Gasteiger partial charge in [-0.1, -0.05) is 30.7 Å². The molecule has 10 nitrogen and oxygen atoms in total. The molecule has 2 saturated heterocycles. The normalized spacial score (nSPS) is 23.3. The van der Waals surface area contributed by atoms with Crippen molar-refractivity contribution in [2.75, 3.05) is 4.90 Å². The number of aromatic nitrogens is 1. The molecule has 0 unspecified atom stereocenters. The fourth-order valence-corrected chi connectivity index (χ4v) is 7.03. The van der Waals surface area contributed by atoms with Crippen LogP contribution in [0.4, 0.5) is 15.8 Å². The Morgan fingerprint density at radius 3 is 2.69 bits per heavy atom. The van der Waals surface area contributed by atoms with Gasteiger partial charge in [-0.2, -0.15) is 0 Å². The lowest BCUT2D eigenvalue weighted by atomic mass is 9.58. The summed E-state index contributed by atoms with van der Waals surface area (Å²) in [5.41, 5.74) is 3.87. The smallest absolute Gasteiger partial charge is 0.455 e. The van der Waals surface area contributed by atoms with E-state index in [0.29, 0.717) is 36.9 Å². The van der Waals surface area contributed by atoms with Crippen molar-refractivity contribution in [2.45, 2.75) is 45.0 Å². The number of carbonyl (C=O) groups is 2. The number of non-ortho nitro benzene ring substituents is 1. The summed E-state index contributed by atoms with van der Waals surface area (Å²) in [6.45, 7) is 1.99. The fraction of sp³-hybridized carbons (Fsp3) is 0.303. The zero-order valence-electron chi connectivity index (χ0n) is 24.5. The topological polar surface area (TPSA) is 143 Å². The van der Waals surface area contributed by atoms with Gasteiger partial charge in [0.15, 0.2) is 11.6 Å². The predicted molar refractivity (Wildman–Crippen MR) is 165 cm³/mol. The van der Waals surface area contributed by atoms with Crippen LogP contribution in [0.1, 0.15) is 43.9 Å². The number of nitrogens with zero attached hydrogens (tertiary/aromatic N) is 3. The van der Waals surface area contributed by atoms with Gasteiger partial charge in [-0.05, 0) is 91.0 Å². The van der Waals surface area contributed by atoms with Crippen LogP contribution in [0.3, 0.4) is 0 Å². The number of carbonyl (C=O) groups excluding carboxylic acids is 2. The summed E-state index contributed by atoms with van der Waals surface area (Å²) in [4.78, 5) is 44.0. The van der Waals surface area contributed by atoms with Gasteiger partial charge in [0.25, 0.3) is 5.69 Å². The number of phenolic OH excluding ortho intramolecular Hbond substituents is 1. The second-order valence-electron chi connectivity index (χ2n) is 11.6. The van der Waals surface area contributed by atoms with Crippen molar-refractivity contribution in [3.63, 3.8) is 0 Å². The number of benzene rings is 2. The monoisotopic (exact) mass is 611 g/mol. The van der Waals surface area contributed by atoms with E-state index < -0.39 is 59.3 Å². The minimum Gasteiger partial charge on any atom is -0.505 e. The van der Waals surface area contributed by atoms with Crippen LogP contribution in [0.25, 0.3) is 11.6 Å². The van der Waals surface area contributed by atoms with Crippen molar-refractivity contribution in [1.82, 2.24) is 4.98 Å². The van der Waals surface area contributed by atoms with Crippen molar-refractivity contribution >= 4 is 42.0 Å². The molecule has 0 bridgehead atoms. The van der Waals surface area contributed by atoms with Crippen molar-refractivity contribution in [1.29, 1.82) is 0 Å².